The van der Waals surface area contributed by atoms with Crippen molar-refractivity contribution in [1.82, 2.24) is 14.5 Å². The number of carbonyl (C=O) groups is 1. The number of anilines is 1. The van der Waals surface area contributed by atoms with E-state index in [0.29, 0.717) is 5.95 Å². The first-order valence-corrected chi connectivity index (χ1v) is 9.32. The molecule has 0 aliphatic carbocycles. The first-order valence-electron chi connectivity index (χ1n) is 9.32. The summed E-state index contributed by atoms with van der Waals surface area (Å²) in [6.07, 6.45) is 0.180. The second kappa shape index (κ2) is 8.77. The van der Waals surface area contributed by atoms with Crippen LogP contribution in [-0.2, 0) is 17.8 Å². The summed E-state index contributed by atoms with van der Waals surface area (Å²) in [5.74, 6) is 0.0776. The third-order valence-electron chi connectivity index (χ3n) is 4.72. The van der Waals surface area contributed by atoms with Crippen LogP contribution in [0.25, 0.3) is 11.0 Å². The van der Waals surface area contributed by atoms with Crippen LogP contribution in [0.5, 0.6) is 0 Å². The lowest BCUT2D eigenvalue weighted by atomic mass is 10.1. The molecule has 142 valence electrons. The minimum Gasteiger partial charge on any atom is -0.309 e. The molecule has 5 nitrogen and oxygen atoms in total. The monoisotopic (exact) mass is 368 g/mol. The Morgan fingerprint density at radius 2 is 1.81 bits per heavy atom. The fourth-order valence-corrected chi connectivity index (χ4v) is 3.14. The molecular formula is C21H25FN4O. The molecule has 27 heavy (non-hydrogen) atoms. The normalized spacial score (nSPS) is 11.3. The summed E-state index contributed by atoms with van der Waals surface area (Å²) < 4.78 is 15.1. The maximum Gasteiger partial charge on any atom is 0.231 e. The Balaban J connectivity index is 1.79. The number of hydrogen-bond acceptors (Lipinski definition) is 3. The van der Waals surface area contributed by atoms with Gasteiger partial charge in [-0.3, -0.25) is 10.1 Å². The highest BCUT2D eigenvalue weighted by atomic mass is 19.1. The standard InChI is InChI=1S/C21H25FN4O/c1-3-25(4-2)13-14-26-19-8-6-5-7-18(19)23-21(26)24-20(27)15-16-9-11-17(22)12-10-16/h5-12H,3-4,13-15H2,1-2H3,(H,23,24,27). The number of imidazole rings is 1. The molecule has 0 saturated carbocycles. The maximum absolute atomic E-state index is 13.0. The third kappa shape index (κ3) is 4.71. The van der Waals surface area contributed by atoms with E-state index < -0.39 is 0 Å². The van der Waals surface area contributed by atoms with Gasteiger partial charge in [0.2, 0.25) is 11.9 Å². The molecule has 0 bridgehead atoms. The molecule has 6 heteroatoms. The van der Waals surface area contributed by atoms with Crippen LogP contribution in [0, 0.1) is 5.82 Å². The molecule has 0 aliphatic heterocycles. The molecule has 0 fully saturated rings. The van der Waals surface area contributed by atoms with Crippen molar-refractivity contribution in [2.45, 2.75) is 26.8 Å². The first-order chi connectivity index (χ1) is 13.1. The van der Waals surface area contributed by atoms with Crippen LogP contribution in [0.3, 0.4) is 0 Å². The van der Waals surface area contributed by atoms with Gasteiger partial charge in [0.25, 0.3) is 0 Å². The zero-order valence-electron chi connectivity index (χ0n) is 15.8. The minimum atomic E-state index is -0.308. The number of hydrogen-bond donors (Lipinski definition) is 1. The van der Waals surface area contributed by atoms with Gasteiger partial charge in [-0.05, 0) is 42.9 Å². The van der Waals surface area contributed by atoms with E-state index in [9.17, 15) is 9.18 Å². The molecule has 0 saturated heterocycles. The summed E-state index contributed by atoms with van der Waals surface area (Å²) in [6.45, 7) is 7.87. The van der Waals surface area contributed by atoms with Gasteiger partial charge in [-0.15, -0.1) is 0 Å². The van der Waals surface area contributed by atoms with Crippen LogP contribution in [-0.4, -0.2) is 40.0 Å². The van der Waals surface area contributed by atoms with E-state index >= 15 is 0 Å². The topological polar surface area (TPSA) is 50.2 Å². The predicted molar refractivity (Wildman–Crippen MR) is 106 cm³/mol. The molecule has 1 aromatic heterocycles. The fourth-order valence-electron chi connectivity index (χ4n) is 3.14. The second-order valence-corrected chi connectivity index (χ2v) is 6.45. The zero-order valence-corrected chi connectivity index (χ0v) is 15.8. The van der Waals surface area contributed by atoms with Crippen LogP contribution in [0.15, 0.2) is 48.5 Å². The largest absolute Gasteiger partial charge is 0.309 e. The smallest absolute Gasteiger partial charge is 0.231 e. The van der Waals surface area contributed by atoms with Gasteiger partial charge < -0.3 is 9.47 Å². The predicted octanol–water partition coefficient (Wildman–Crippen LogP) is 3.70. The summed E-state index contributed by atoms with van der Waals surface area (Å²) in [4.78, 5) is 19.4. The van der Waals surface area contributed by atoms with Crippen LogP contribution in [0.2, 0.25) is 0 Å². The van der Waals surface area contributed by atoms with Gasteiger partial charge in [-0.25, -0.2) is 9.37 Å². The van der Waals surface area contributed by atoms with Crippen LogP contribution < -0.4 is 5.32 Å². The number of rotatable bonds is 8. The van der Waals surface area contributed by atoms with Crippen molar-refractivity contribution in [3.63, 3.8) is 0 Å². The van der Waals surface area contributed by atoms with Gasteiger partial charge in [0.15, 0.2) is 0 Å². The van der Waals surface area contributed by atoms with Crippen molar-refractivity contribution < 1.29 is 9.18 Å². The van der Waals surface area contributed by atoms with Crippen molar-refractivity contribution in [3.05, 3.63) is 59.9 Å². The number of benzene rings is 2. The number of fused-ring (bicyclic) bond motifs is 1. The molecule has 3 rings (SSSR count). The summed E-state index contributed by atoms with van der Waals surface area (Å²) in [7, 11) is 0. The summed E-state index contributed by atoms with van der Waals surface area (Å²) in [6, 6.07) is 13.8. The number of likely N-dealkylation sites (N-methyl/N-ethyl adjacent to an activating group) is 1. The molecule has 0 aliphatic rings. The minimum absolute atomic E-state index is 0.166. The van der Waals surface area contributed by atoms with Gasteiger partial charge in [0.05, 0.1) is 17.5 Å². The molecule has 1 heterocycles. The quantitative estimate of drug-likeness (QED) is 0.660. The zero-order chi connectivity index (χ0) is 19.2. The molecule has 3 aromatic rings. The lowest BCUT2D eigenvalue weighted by molar-refractivity contribution is -0.115. The van der Waals surface area contributed by atoms with Gasteiger partial charge in [0.1, 0.15) is 5.82 Å². The van der Waals surface area contributed by atoms with Crippen molar-refractivity contribution >= 4 is 22.9 Å². The number of aromatic nitrogens is 2. The number of amides is 1. The van der Waals surface area contributed by atoms with Crippen molar-refractivity contribution in [3.8, 4) is 0 Å². The van der Waals surface area contributed by atoms with E-state index in [1.54, 1.807) is 12.1 Å². The molecule has 1 amide bonds. The average Bonchev–Trinajstić information content (AvgIpc) is 3.01. The SMILES string of the molecule is CCN(CC)CCn1c(NC(=O)Cc2ccc(F)cc2)nc2ccccc21. The highest BCUT2D eigenvalue weighted by Gasteiger charge is 2.14. The third-order valence-corrected chi connectivity index (χ3v) is 4.72. The lowest BCUT2D eigenvalue weighted by Gasteiger charge is -2.19. The van der Waals surface area contributed by atoms with E-state index in [-0.39, 0.29) is 18.1 Å². The van der Waals surface area contributed by atoms with Crippen molar-refractivity contribution in [1.29, 1.82) is 0 Å². The molecule has 0 atom stereocenters. The van der Waals surface area contributed by atoms with Crippen LogP contribution in [0.1, 0.15) is 19.4 Å². The van der Waals surface area contributed by atoms with E-state index in [0.717, 1.165) is 42.8 Å². The van der Waals surface area contributed by atoms with Crippen LogP contribution in [0.4, 0.5) is 10.3 Å². The second-order valence-electron chi connectivity index (χ2n) is 6.45. The average molecular weight is 368 g/mol. The van der Waals surface area contributed by atoms with Gasteiger partial charge in [0, 0.05) is 13.1 Å². The van der Waals surface area contributed by atoms with Crippen molar-refractivity contribution in [2.75, 3.05) is 25.0 Å². The van der Waals surface area contributed by atoms with Crippen LogP contribution >= 0.6 is 0 Å². The molecule has 0 spiro atoms. The highest BCUT2D eigenvalue weighted by molar-refractivity contribution is 5.92. The Morgan fingerprint density at radius 3 is 2.52 bits per heavy atom. The number of nitrogens with zero attached hydrogens (tertiary/aromatic N) is 3. The Morgan fingerprint density at radius 1 is 1.11 bits per heavy atom. The van der Waals surface area contributed by atoms with Gasteiger partial charge >= 0.3 is 0 Å². The summed E-state index contributed by atoms with van der Waals surface area (Å²) >= 11 is 0. The van der Waals surface area contributed by atoms with Gasteiger partial charge in [-0.1, -0.05) is 38.1 Å². The summed E-state index contributed by atoms with van der Waals surface area (Å²) in [5, 5.41) is 2.92. The molecule has 0 unspecified atom stereocenters. The Bertz CT molecular complexity index is 900. The molecule has 2 aromatic carbocycles. The molecular weight excluding hydrogens is 343 g/mol. The Hall–Kier alpha value is -2.73. The van der Waals surface area contributed by atoms with Crippen molar-refractivity contribution in [2.24, 2.45) is 0 Å². The van der Waals surface area contributed by atoms with Gasteiger partial charge in [-0.2, -0.15) is 0 Å². The number of carbonyl (C=O) groups excluding carboxylic acids is 1. The lowest BCUT2D eigenvalue weighted by Crippen LogP contribution is -2.28. The van der Waals surface area contributed by atoms with E-state index in [2.05, 4.69) is 33.6 Å². The Labute approximate surface area is 158 Å². The molecule has 1 N–H and O–H groups in total. The van der Waals surface area contributed by atoms with E-state index in [1.807, 2.05) is 24.3 Å². The Kier molecular flexibility index (Phi) is 6.19. The number of halogens is 1. The number of para-hydroxylation sites is 2. The highest BCUT2D eigenvalue weighted by Crippen LogP contribution is 2.20. The maximum atomic E-state index is 13.0. The first kappa shape index (κ1) is 19.0. The van der Waals surface area contributed by atoms with E-state index in [1.165, 1.54) is 12.1 Å². The summed E-state index contributed by atoms with van der Waals surface area (Å²) in [5.41, 5.74) is 2.62. The number of nitrogens with one attached hydrogen (secondary N) is 1. The molecule has 0 radical (unpaired) electrons. The fraction of sp³-hybridized carbons (Fsp3) is 0.333. The van der Waals surface area contributed by atoms with E-state index in [4.69, 9.17) is 0 Å².